The summed E-state index contributed by atoms with van der Waals surface area (Å²) in [5, 5.41) is 2.75. The molecule has 0 saturated carbocycles. The van der Waals surface area contributed by atoms with Crippen LogP contribution in [0.25, 0.3) is 0 Å². The van der Waals surface area contributed by atoms with Crippen molar-refractivity contribution in [1.82, 2.24) is 0 Å². The average Bonchev–Trinajstić information content (AvgIpc) is 3.02. The first-order chi connectivity index (χ1) is 13.8. The fourth-order valence-electron chi connectivity index (χ4n) is 3.11. The molecule has 7 heteroatoms. The Morgan fingerprint density at radius 2 is 1.72 bits per heavy atom. The zero-order valence-corrected chi connectivity index (χ0v) is 16.5. The highest BCUT2D eigenvalue weighted by molar-refractivity contribution is 6.20. The molecule has 1 aliphatic heterocycles. The number of aryl methyl sites for hydroxylation is 2. The van der Waals surface area contributed by atoms with Crippen LogP contribution in [0.5, 0.6) is 0 Å². The van der Waals surface area contributed by atoms with Gasteiger partial charge in [0.05, 0.1) is 11.3 Å². The molecule has 0 aromatic heterocycles. The molecule has 1 atom stereocenters. The number of carbonyl (C=O) groups excluding carboxylic acids is 4. The molecule has 0 spiro atoms. The maximum Gasteiger partial charge on any atom is 0.338 e. The van der Waals surface area contributed by atoms with Crippen LogP contribution >= 0.6 is 0 Å². The molecule has 1 heterocycles. The summed E-state index contributed by atoms with van der Waals surface area (Å²) in [5.41, 5.74) is 3.11. The number of esters is 1. The highest BCUT2D eigenvalue weighted by Crippen LogP contribution is 2.24. The summed E-state index contributed by atoms with van der Waals surface area (Å²) in [6.07, 6.45) is -0.714. The third-order valence-electron chi connectivity index (χ3n) is 4.68. The van der Waals surface area contributed by atoms with Crippen LogP contribution in [0.15, 0.2) is 42.5 Å². The number of nitrogens with zero attached hydrogens (tertiary/aromatic N) is 1. The van der Waals surface area contributed by atoms with Crippen LogP contribution in [0.4, 0.5) is 11.4 Å². The summed E-state index contributed by atoms with van der Waals surface area (Å²) >= 11 is 0. The van der Waals surface area contributed by atoms with Crippen molar-refractivity contribution >= 4 is 35.1 Å². The van der Waals surface area contributed by atoms with Gasteiger partial charge in [-0.25, -0.2) is 4.79 Å². The maximum absolute atomic E-state index is 12.5. The molecule has 29 heavy (non-hydrogen) atoms. The normalized spacial score (nSPS) is 14.7. The molecule has 2 aromatic rings. The van der Waals surface area contributed by atoms with E-state index in [2.05, 4.69) is 5.32 Å². The number of ether oxygens (including phenoxy) is 1. The summed E-state index contributed by atoms with van der Waals surface area (Å²) in [4.78, 5) is 49.7. The van der Waals surface area contributed by atoms with Gasteiger partial charge < -0.3 is 10.1 Å². The van der Waals surface area contributed by atoms with E-state index in [0.717, 1.165) is 16.0 Å². The zero-order chi connectivity index (χ0) is 21.1. The second-order valence-electron chi connectivity index (χ2n) is 7.03. The number of amides is 3. The Morgan fingerprint density at radius 3 is 2.38 bits per heavy atom. The summed E-state index contributed by atoms with van der Waals surface area (Å²) in [7, 11) is 0. The summed E-state index contributed by atoms with van der Waals surface area (Å²) in [5.74, 6) is -1.77. The molecule has 0 unspecified atom stereocenters. The fraction of sp³-hybridized carbons (Fsp3) is 0.273. The van der Waals surface area contributed by atoms with Gasteiger partial charge in [-0.1, -0.05) is 23.8 Å². The first-order valence-corrected chi connectivity index (χ1v) is 9.31. The molecular weight excluding hydrogens is 372 g/mol. The van der Waals surface area contributed by atoms with E-state index in [1.165, 1.54) is 19.1 Å². The van der Waals surface area contributed by atoms with E-state index in [-0.39, 0.29) is 30.2 Å². The SMILES string of the molecule is Cc1ccc(NC(=O)[C@@H](C)OC(=O)c2cccc(N3C(=O)CCC3=O)c2)c(C)c1. The molecular formula is C22H22N2O5. The first-order valence-electron chi connectivity index (χ1n) is 9.31. The maximum atomic E-state index is 12.5. The van der Waals surface area contributed by atoms with Crippen LogP contribution in [0.3, 0.4) is 0 Å². The standard InChI is InChI=1S/C22H22N2O5/c1-13-7-8-18(14(2)11-13)23-21(27)15(3)29-22(28)16-5-4-6-17(12-16)24-19(25)9-10-20(24)26/h4-8,11-12,15H,9-10H2,1-3H3,(H,23,27)/t15-/m1/s1. The van der Waals surface area contributed by atoms with Gasteiger partial charge in [0.15, 0.2) is 6.10 Å². The molecule has 150 valence electrons. The predicted molar refractivity (Wildman–Crippen MR) is 108 cm³/mol. The van der Waals surface area contributed by atoms with Gasteiger partial charge in [0.25, 0.3) is 5.91 Å². The van der Waals surface area contributed by atoms with Gasteiger partial charge in [0, 0.05) is 18.5 Å². The summed E-state index contributed by atoms with van der Waals surface area (Å²) < 4.78 is 5.27. The van der Waals surface area contributed by atoms with E-state index in [0.29, 0.717) is 11.4 Å². The molecule has 2 aromatic carbocycles. The lowest BCUT2D eigenvalue weighted by molar-refractivity contribution is -0.124. The minimum absolute atomic E-state index is 0.154. The molecule has 0 bridgehead atoms. The number of imide groups is 1. The lowest BCUT2D eigenvalue weighted by Crippen LogP contribution is -2.31. The molecule has 0 aliphatic carbocycles. The quantitative estimate of drug-likeness (QED) is 0.621. The predicted octanol–water partition coefficient (Wildman–Crippen LogP) is 3.14. The van der Waals surface area contributed by atoms with E-state index >= 15 is 0 Å². The summed E-state index contributed by atoms with van der Waals surface area (Å²) in [6, 6.07) is 11.7. The van der Waals surface area contributed by atoms with Crippen molar-refractivity contribution in [2.75, 3.05) is 10.2 Å². The Bertz CT molecular complexity index is 982. The Kier molecular flexibility index (Phi) is 5.77. The topological polar surface area (TPSA) is 92.8 Å². The van der Waals surface area contributed by atoms with Crippen LogP contribution in [-0.2, 0) is 19.1 Å². The van der Waals surface area contributed by atoms with Gasteiger partial charge in [-0.2, -0.15) is 0 Å². The number of nitrogens with one attached hydrogen (secondary N) is 1. The third-order valence-corrected chi connectivity index (χ3v) is 4.68. The van der Waals surface area contributed by atoms with Crippen molar-refractivity contribution in [2.45, 2.75) is 39.7 Å². The van der Waals surface area contributed by atoms with Crippen molar-refractivity contribution in [2.24, 2.45) is 0 Å². The molecule has 7 nitrogen and oxygen atoms in total. The fourth-order valence-corrected chi connectivity index (χ4v) is 3.11. The van der Waals surface area contributed by atoms with Crippen LogP contribution in [-0.4, -0.2) is 29.8 Å². The van der Waals surface area contributed by atoms with Crippen molar-refractivity contribution in [3.63, 3.8) is 0 Å². The number of anilines is 2. The Labute approximate surface area is 168 Å². The van der Waals surface area contributed by atoms with E-state index in [1.807, 2.05) is 26.0 Å². The van der Waals surface area contributed by atoms with Gasteiger partial charge in [0.2, 0.25) is 11.8 Å². The van der Waals surface area contributed by atoms with E-state index in [4.69, 9.17) is 4.74 Å². The van der Waals surface area contributed by atoms with Crippen molar-refractivity contribution in [1.29, 1.82) is 0 Å². The lowest BCUT2D eigenvalue weighted by atomic mass is 10.1. The monoisotopic (exact) mass is 394 g/mol. The van der Waals surface area contributed by atoms with Gasteiger partial charge >= 0.3 is 5.97 Å². The van der Waals surface area contributed by atoms with Crippen molar-refractivity contribution < 1.29 is 23.9 Å². The number of benzene rings is 2. The number of carbonyl (C=O) groups is 4. The van der Waals surface area contributed by atoms with E-state index < -0.39 is 18.0 Å². The first kappa shape index (κ1) is 20.3. The number of hydrogen-bond acceptors (Lipinski definition) is 5. The molecule has 1 aliphatic rings. The molecule has 3 amide bonds. The van der Waals surface area contributed by atoms with Crippen molar-refractivity contribution in [3.05, 3.63) is 59.2 Å². The van der Waals surface area contributed by atoms with Crippen LogP contribution in [0.1, 0.15) is 41.3 Å². The van der Waals surface area contributed by atoms with Gasteiger partial charge in [-0.15, -0.1) is 0 Å². The Balaban J connectivity index is 1.68. The lowest BCUT2D eigenvalue weighted by Gasteiger charge is -2.17. The van der Waals surface area contributed by atoms with Crippen LogP contribution < -0.4 is 10.2 Å². The smallest absolute Gasteiger partial charge is 0.338 e. The number of rotatable bonds is 5. The Morgan fingerprint density at radius 1 is 1.03 bits per heavy atom. The average molecular weight is 394 g/mol. The second kappa shape index (κ2) is 8.26. The third kappa shape index (κ3) is 4.51. The minimum Gasteiger partial charge on any atom is -0.449 e. The molecule has 1 fully saturated rings. The molecule has 3 rings (SSSR count). The zero-order valence-electron chi connectivity index (χ0n) is 16.5. The molecule has 1 N–H and O–H groups in total. The number of hydrogen-bond donors (Lipinski definition) is 1. The minimum atomic E-state index is -1.03. The van der Waals surface area contributed by atoms with E-state index in [1.54, 1.807) is 18.2 Å². The van der Waals surface area contributed by atoms with Crippen molar-refractivity contribution in [3.8, 4) is 0 Å². The van der Waals surface area contributed by atoms with Gasteiger partial charge in [-0.05, 0) is 50.6 Å². The Hall–Kier alpha value is -3.48. The van der Waals surface area contributed by atoms with Crippen LogP contribution in [0.2, 0.25) is 0 Å². The van der Waals surface area contributed by atoms with Crippen LogP contribution in [0, 0.1) is 13.8 Å². The molecule has 1 saturated heterocycles. The highest BCUT2D eigenvalue weighted by atomic mass is 16.5. The summed E-state index contributed by atoms with van der Waals surface area (Å²) in [6.45, 7) is 5.32. The van der Waals surface area contributed by atoms with E-state index in [9.17, 15) is 19.2 Å². The largest absolute Gasteiger partial charge is 0.449 e. The van der Waals surface area contributed by atoms with Gasteiger partial charge in [0.1, 0.15) is 0 Å². The van der Waals surface area contributed by atoms with Gasteiger partial charge in [-0.3, -0.25) is 19.3 Å². The molecule has 0 radical (unpaired) electrons. The highest BCUT2D eigenvalue weighted by Gasteiger charge is 2.30. The second-order valence-corrected chi connectivity index (χ2v) is 7.03.